The van der Waals surface area contributed by atoms with E-state index in [0.717, 1.165) is 5.69 Å². The third-order valence-corrected chi connectivity index (χ3v) is 3.39. The smallest absolute Gasteiger partial charge is 0.338 e. The first-order valence-corrected chi connectivity index (χ1v) is 6.59. The van der Waals surface area contributed by atoms with Gasteiger partial charge in [0.15, 0.2) is 5.82 Å². The Morgan fingerprint density at radius 1 is 1.37 bits per heavy atom. The Kier molecular flexibility index (Phi) is 3.84. The Hall–Kier alpha value is -1.89. The summed E-state index contributed by atoms with van der Waals surface area (Å²) in [6.07, 6.45) is 0. The van der Waals surface area contributed by atoms with E-state index in [0.29, 0.717) is 28.1 Å². The Bertz CT molecular complexity index is 625. The van der Waals surface area contributed by atoms with Crippen LogP contribution in [-0.2, 0) is 5.75 Å². The van der Waals surface area contributed by atoms with E-state index in [4.69, 9.17) is 4.52 Å². The lowest BCUT2D eigenvalue weighted by Crippen LogP contribution is -2.05. The van der Waals surface area contributed by atoms with Crippen molar-refractivity contribution in [3.05, 3.63) is 34.6 Å². The molecule has 100 valence electrons. The number of thioether (sulfide) groups is 1. The van der Waals surface area contributed by atoms with E-state index < -0.39 is 5.97 Å². The summed E-state index contributed by atoms with van der Waals surface area (Å²) in [6, 6.07) is 1.75. The number of aryl methyl sites for hydroxylation is 3. The fraction of sp³-hybridized carbons (Fsp3) is 0.333. The maximum Gasteiger partial charge on any atom is 0.338 e. The van der Waals surface area contributed by atoms with Crippen LogP contribution in [0.25, 0.3) is 0 Å². The zero-order chi connectivity index (χ0) is 14.0. The monoisotopic (exact) mass is 279 g/mol. The minimum atomic E-state index is -0.978. The predicted molar refractivity (Wildman–Crippen MR) is 69.3 cm³/mol. The lowest BCUT2D eigenvalue weighted by molar-refractivity contribution is 0.0691. The molecule has 0 radical (unpaired) electrons. The number of aromatic nitrogens is 3. The van der Waals surface area contributed by atoms with Crippen molar-refractivity contribution in [1.82, 2.24) is 15.1 Å². The van der Waals surface area contributed by atoms with Gasteiger partial charge in [-0.1, -0.05) is 16.9 Å². The molecular weight excluding hydrogens is 266 g/mol. The van der Waals surface area contributed by atoms with Gasteiger partial charge in [0.05, 0.1) is 11.3 Å². The molecule has 0 aliphatic heterocycles. The number of pyridine rings is 1. The fourth-order valence-corrected chi connectivity index (χ4v) is 2.67. The lowest BCUT2D eigenvalue weighted by Gasteiger charge is -2.08. The highest BCUT2D eigenvalue weighted by atomic mass is 32.2. The average molecular weight is 279 g/mol. The van der Waals surface area contributed by atoms with Crippen molar-refractivity contribution < 1.29 is 14.4 Å². The van der Waals surface area contributed by atoms with Crippen molar-refractivity contribution >= 4 is 17.7 Å². The molecular formula is C12H13N3O3S. The first-order valence-electron chi connectivity index (χ1n) is 5.61. The molecule has 0 aliphatic rings. The van der Waals surface area contributed by atoms with Crippen LogP contribution >= 0.6 is 11.8 Å². The second kappa shape index (κ2) is 5.40. The summed E-state index contributed by atoms with van der Waals surface area (Å²) in [6.45, 7) is 5.33. The first kappa shape index (κ1) is 13.5. The van der Waals surface area contributed by atoms with Gasteiger partial charge < -0.3 is 9.63 Å². The summed E-state index contributed by atoms with van der Waals surface area (Å²) in [5.74, 6) is 0.438. The molecule has 0 aliphatic carbocycles. The van der Waals surface area contributed by atoms with Crippen LogP contribution in [0.2, 0.25) is 0 Å². The number of hydrogen-bond acceptors (Lipinski definition) is 6. The molecule has 2 aromatic heterocycles. The van der Waals surface area contributed by atoms with E-state index in [1.165, 1.54) is 11.8 Å². The molecule has 0 saturated heterocycles. The number of carboxylic acids is 1. The molecule has 0 atom stereocenters. The highest BCUT2D eigenvalue weighted by Crippen LogP contribution is 2.26. The number of nitrogens with zero attached hydrogens (tertiary/aromatic N) is 3. The van der Waals surface area contributed by atoms with Gasteiger partial charge in [-0.05, 0) is 32.4 Å². The average Bonchev–Trinajstić information content (AvgIpc) is 2.71. The van der Waals surface area contributed by atoms with Crippen molar-refractivity contribution in [2.45, 2.75) is 31.6 Å². The summed E-state index contributed by atoms with van der Waals surface area (Å²) >= 11 is 1.28. The summed E-state index contributed by atoms with van der Waals surface area (Å²) in [5.41, 5.74) is 1.71. The quantitative estimate of drug-likeness (QED) is 0.859. The van der Waals surface area contributed by atoms with Crippen LogP contribution in [0.15, 0.2) is 15.6 Å². The molecule has 0 amide bonds. The van der Waals surface area contributed by atoms with E-state index in [1.807, 2.05) is 6.92 Å². The second-order valence-electron chi connectivity index (χ2n) is 4.09. The molecule has 0 spiro atoms. The van der Waals surface area contributed by atoms with Crippen molar-refractivity contribution in [3.8, 4) is 0 Å². The minimum Gasteiger partial charge on any atom is -0.478 e. The summed E-state index contributed by atoms with van der Waals surface area (Å²) in [5, 5.41) is 13.4. The number of rotatable bonds is 4. The molecule has 6 nitrogen and oxygen atoms in total. The maximum atomic E-state index is 11.3. The van der Waals surface area contributed by atoms with Crippen LogP contribution in [0, 0.1) is 20.8 Å². The Morgan fingerprint density at radius 3 is 2.68 bits per heavy atom. The van der Waals surface area contributed by atoms with Crippen LogP contribution in [0.1, 0.15) is 33.3 Å². The molecule has 0 unspecified atom stereocenters. The third-order valence-electron chi connectivity index (χ3n) is 2.43. The number of carbonyl (C=O) groups is 1. The molecule has 2 rings (SSSR count). The highest BCUT2D eigenvalue weighted by Gasteiger charge is 2.17. The predicted octanol–water partition coefficient (Wildman–Crippen LogP) is 2.38. The summed E-state index contributed by atoms with van der Waals surface area (Å²) in [4.78, 5) is 19.6. The van der Waals surface area contributed by atoms with Crippen molar-refractivity contribution in [2.75, 3.05) is 0 Å². The zero-order valence-corrected chi connectivity index (χ0v) is 11.6. The highest BCUT2D eigenvalue weighted by molar-refractivity contribution is 7.98. The molecule has 0 bridgehead atoms. The van der Waals surface area contributed by atoms with Crippen LogP contribution in [0.4, 0.5) is 0 Å². The van der Waals surface area contributed by atoms with Crippen LogP contribution in [0.3, 0.4) is 0 Å². The van der Waals surface area contributed by atoms with E-state index in [1.54, 1.807) is 19.9 Å². The first-order chi connectivity index (χ1) is 8.97. The maximum absolute atomic E-state index is 11.3. The van der Waals surface area contributed by atoms with Gasteiger partial charge in [0, 0.05) is 5.69 Å². The van der Waals surface area contributed by atoms with Gasteiger partial charge in [0.25, 0.3) is 0 Å². The SMILES string of the molecule is Cc1cc(C)c(C(=O)O)c(SCc2nc(C)no2)n1. The molecule has 2 aromatic rings. The molecule has 0 fully saturated rings. The topological polar surface area (TPSA) is 89.1 Å². The number of hydrogen-bond donors (Lipinski definition) is 1. The Balaban J connectivity index is 2.26. The van der Waals surface area contributed by atoms with Crippen LogP contribution in [-0.4, -0.2) is 26.2 Å². The summed E-state index contributed by atoms with van der Waals surface area (Å²) in [7, 11) is 0. The van der Waals surface area contributed by atoms with Gasteiger partial charge in [-0.25, -0.2) is 9.78 Å². The lowest BCUT2D eigenvalue weighted by atomic mass is 10.1. The van der Waals surface area contributed by atoms with Gasteiger partial charge in [-0.3, -0.25) is 0 Å². The summed E-state index contributed by atoms with van der Waals surface area (Å²) < 4.78 is 4.99. The number of carboxylic acid groups (broad SMARTS) is 1. The van der Waals surface area contributed by atoms with E-state index >= 15 is 0 Å². The van der Waals surface area contributed by atoms with E-state index in [2.05, 4.69) is 15.1 Å². The van der Waals surface area contributed by atoms with Gasteiger partial charge in [0.1, 0.15) is 5.03 Å². The second-order valence-corrected chi connectivity index (χ2v) is 5.05. The fourth-order valence-electron chi connectivity index (χ4n) is 1.70. The van der Waals surface area contributed by atoms with Gasteiger partial charge in [-0.15, -0.1) is 0 Å². The van der Waals surface area contributed by atoms with Crippen molar-refractivity contribution in [1.29, 1.82) is 0 Å². The molecule has 19 heavy (non-hydrogen) atoms. The largest absolute Gasteiger partial charge is 0.478 e. The van der Waals surface area contributed by atoms with Gasteiger partial charge in [-0.2, -0.15) is 4.98 Å². The van der Waals surface area contributed by atoms with Gasteiger partial charge >= 0.3 is 5.97 Å². The van der Waals surface area contributed by atoms with Crippen LogP contribution < -0.4 is 0 Å². The molecule has 7 heteroatoms. The zero-order valence-electron chi connectivity index (χ0n) is 10.8. The standard InChI is InChI=1S/C12H13N3O3S/c1-6-4-7(2)13-11(10(6)12(16)17)19-5-9-14-8(3)15-18-9/h4H,5H2,1-3H3,(H,16,17). The molecule has 2 heterocycles. The molecule has 1 N–H and O–H groups in total. The Morgan fingerprint density at radius 2 is 2.11 bits per heavy atom. The van der Waals surface area contributed by atoms with E-state index in [-0.39, 0.29) is 5.56 Å². The molecule has 0 saturated carbocycles. The third kappa shape index (κ3) is 3.11. The number of aromatic carboxylic acids is 1. The minimum absolute atomic E-state index is 0.229. The van der Waals surface area contributed by atoms with Crippen molar-refractivity contribution in [2.24, 2.45) is 0 Å². The van der Waals surface area contributed by atoms with Crippen molar-refractivity contribution in [3.63, 3.8) is 0 Å². The molecule has 0 aromatic carbocycles. The van der Waals surface area contributed by atoms with E-state index in [9.17, 15) is 9.90 Å². The van der Waals surface area contributed by atoms with Crippen LogP contribution in [0.5, 0.6) is 0 Å². The normalized spacial score (nSPS) is 10.7. The van der Waals surface area contributed by atoms with Gasteiger partial charge in [0.2, 0.25) is 5.89 Å². The Labute approximate surface area is 114 Å².